The van der Waals surface area contributed by atoms with Crippen molar-refractivity contribution >= 4 is 11.8 Å². The molecule has 4 N–H and O–H groups in total. The van der Waals surface area contributed by atoms with E-state index in [0.717, 1.165) is 25.3 Å². The Morgan fingerprint density at radius 2 is 1.91 bits per heavy atom. The number of halogens is 2. The predicted molar refractivity (Wildman–Crippen MR) is 120 cm³/mol. The summed E-state index contributed by atoms with van der Waals surface area (Å²) in [5, 5.41) is 12.1. The van der Waals surface area contributed by atoms with E-state index >= 15 is 0 Å². The molecule has 3 rings (SSSR count). The number of rotatable bonds is 9. The molecule has 1 atom stereocenters. The Morgan fingerprint density at radius 3 is 2.47 bits per heavy atom. The molecule has 34 heavy (non-hydrogen) atoms. The topological polar surface area (TPSA) is 133 Å². The van der Waals surface area contributed by atoms with E-state index < -0.39 is 18.2 Å². The molecule has 1 fully saturated rings. The maximum absolute atomic E-state index is 14.5. The summed E-state index contributed by atoms with van der Waals surface area (Å²) in [7, 11) is 2.53. The van der Waals surface area contributed by atoms with Gasteiger partial charge < -0.3 is 35.1 Å². The average Bonchev–Trinajstić information content (AvgIpc) is 2.85. The van der Waals surface area contributed by atoms with E-state index in [1.165, 1.54) is 32.7 Å². The minimum atomic E-state index is -0.890. The van der Waals surface area contributed by atoms with Gasteiger partial charge in [-0.05, 0) is 19.3 Å². The monoisotopic (exact) mass is 479 g/mol. The Hall–Kier alpha value is -3.51. The lowest BCUT2D eigenvalue weighted by atomic mass is 10.1. The van der Waals surface area contributed by atoms with Gasteiger partial charge in [0.1, 0.15) is 12.4 Å². The molecule has 12 heteroatoms. The van der Waals surface area contributed by atoms with Crippen LogP contribution in [0.25, 0.3) is 0 Å². The largest absolute Gasteiger partial charge is 0.494 e. The third-order valence-electron chi connectivity index (χ3n) is 4.86. The number of nitrogens with zero attached hydrogens (tertiary/aromatic N) is 3. The molecule has 2 heterocycles. The van der Waals surface area contributed by atoms with Crippen molar-refractivity contribution in [3.05, 3.63) is 47.4 Å². The number of benzene rings is 1. The quantitative estimate of drug-likeness (QED) is 0.366. The second-order valence-electron chi connectivity index (χ2n) is 7.26. The van der Waals surface area contributed by atoms with E-state index in [-0.39, 0.29) is 47.3 Å². The number of aliphatic hydroxyl groups is 1. The van der Waals surface area contributed by atoms with Crippen LogP contribution in [0.5, 0.6) is 17.2 Å². The van der Waals surface area contributed by atoms with Crippen molar-refractivity contribution < 1.29 is 32.8 Å². The number of anilines is 1. The van der Waals surface area contributed by atoms with Crippen molar-refractivity contribution in [3.63, 3.8) is 0 Å². The summed E-state index contributed by atoms with van der Waals surface area (Å²) in [4.78, 5) is 12.7. The Labute approximate surface area is 195 Å². The first-order chi connectivity index (χ1) is 16.4. The summed E-state index contributed by atoms with van der Waals surface area (Å²) < 4.78 is 49.9. The predicted octanol–water partition coefficient (Wildman–Crippen LogP) is 2.52. The molecule has 184 valence electrons. The first-order valence-corrected chi connectivity index (χ1v) is 10.5. The van der Waals surface area contributed by atoms with Crippen molar-refractivity contribution in [2.75, 3.05) is 32.8 Å². The van der Waals surface area contributed by atoms with E-state index in [4.69, 9.17) is 24.7 Å². The van der Waals surface area contributed by atoms with Gasteiger partial charge in [0, 0.05) is 24.4 Å². The normalized spacial score (nSPS) is 16.8. The maximum atomic E-state index is 14.5. The summed E-state index contributed by atoms with van der Waals surface area (Å²) >= 11 is 0. The number of amidine groups is 1. The fourth-order valence-corrected chi connectivity index (χ4v) is 3.10. The molecule has 1 unspecified atom stereocenters. The molecule has 0 saturated carbocycles. The highest BCUT2D eigenvalue weighted by Gasteiger charge is 2.20. The second-order valence-corrected chi connectivity index (χ2v) is 7.26. The highest BCUT2D eigenvalue weighted by Crippen LogP contribution is 2.32. The van der Waals surface area contributed by atoms with Gasteiger partial charge in [-0.3, -0.25) is 0 Å². The van der Waals surface area contributed by atoms with Gasteiger partial charge in [-0.1, -0.05) is 0 Å². The van der Waals surface area contributed by atoms with Gasteiger partial charge in [-0.25, -0.2) is 23.7 Å². The summed E-state index contributed by atoms with van der Waals surface area (Å²) in [5.41, 5.74) is 5.56. The molecule has 2 aromatic rings. The summed E-state index contributed by atoms with van der Waals surface area (Å²) in [6.45, 7) is -0.172. The third kappa shape index (κ3) is 6.51. The van der Waals surface area contributed by atoms with E-state index in [1.54, 1.807) is 0 Å². The van der Waals surface area contributed by atoms with Crippen molar-refractivity contribution in [1.29, 1.82) is 0 Å². The molecule has 1 saturated heterocycles. The molecular weight excluding hydrogens is 452 g/mol. The van der Waals surface area contributed by atoms with Crippen molar-refractivity contribution in [2.45, 2.75) is 32.1 Å². The summed E-state index contributed by atoms with van der Waals surface area (Å²) in [5.74, 6) is -1.46. The van der Waals surface area contributed by atoms with Crippen LogP contribution in [-0.2, 0) is 11.3 Å². The summed E-state index contributed by atoms with van der Waals surface area (Å²) in [6, 6.07) is 1.12. The van der Waals surface area contributed by atoms with Gasteiger partial charge in [0.25, 0.3) is 0 Å². The highest BCUT2D eigenvalue weighted by molar-refractivity contribution is 6.03. The zero-order valence-electron chi connectivity index (χ0n) is 18.9. The Balaban J connectivity index is 1.71. The number of aromatic nitrogens is 2. The SMILES string of the molecule is COc1cc(OC)c(F)c(COc2cnc(NC(/C=C(\N)CO)=N\C3CCCCO3)nc2)c1F. The number of aliphatic hydroxyl groups excluding tert-OH is 1. The fourth-order valence-electron chi connectivity index (χ4n) is 3.10. The number of methoxy groups -OCH3 is 2. The van der Waals surface area contributed by atoms with Crippen LogP contribution < -0.4 is 25.3 Å². The number of hydrogen-bond donors (Lipinski definition) is 3. The smallest absolute Gasteiger partial charge is 0.228 e. The lowest BCUT2D eigenvalue weighted by molar-refractivity contribution is 0.0224. The fraction of sp³-hybridized carbons (Fsp3) is 0.409. The number of ether oxygens (including phenoxy) is 4. The van der Waals surface area contributed by atoms with Crippen LogP contribution in [0.15, 0.2) is 35.2 Å². The number of nitrogens with one attached hydrogen (secondary N) is 1. The van der Waals surface area contributed by atoms with Gasteiger partial charge in [0.05, 0.1) is 38.8 Å². The standard InChI is InChI=1S/C22H27F2N5O5/c1-31-16-8-17(32-2)21(24)15(20(16)23)12-34-14-9-26-22(27-10-14)29-18(7-13(25)11-30)28-19-5-3-4-6-33-19/h7-10,19,30H,3-6,11-12,25H2,1-2H3,(H,26,27,28,29)/b13-7-. The molecule has 1 aliphatic rings. The number of aliphatic imine (C=N–C) groups is 1. The zero-order valence-corrected chi connectivity index (χ0v) is 18.9. The van der Waals surface area contributed by atoms with Crippen LogP contribution in [0.1, 0.15) is 24.8 Å². The lowest BCUT2D eigenvalue weighted by Gasteiger charge is -2.20. The van der Waals surface area contributed by atoms with E-state index in [2.05, 4.69) is 20.3 Å². The highest BCUT2D eigenvalue weighted by atomic mass is 19.1. The van der Waals surface area contributed by atoms with Crippen molar-refractivity contribution in [1.82, 2.24) is 9.97 Å². The van der Waals surface area contributed by atoms with E-state index in [9.17, 15) is 13.9 Å². The molecule has 0 aliphatic carbocycles. The van der Waals surface area contributed by atoms with Crippen LogP contribution in [-0.4, -0.2) is 54.6 Å². The van der Waals surface area contributed by atoms with Gasteiger partial charge in [-0.2, -0.15) is 0 Å². The molecule has 0 bridgehead atoms. The van der Waals surface area contributed by atoms with Crippen LogP contribution >= 0.6 is 0 Å². The molecule has 0 spiro atoms. The molecular formula is C22H27F2N5O5. The van der Waals surface area contributed by atoms with Crippen LogP contribution in [0.4, 0.5) is 14.7 Å². The molecule has 10 nitrogen and oxygen atoms in total. The second kappa shape index (κ2) is 12.1. The van der Waals surface area contributed by atoms with Crippen LogP contribution in [0, 0.1) is 11.6 Å². The van der Waals surface area contributed by atoms with E-state index in [1.807, 2.05) is 0 Å². The third-order valence-corrected chi connectivity index (χ3v) is 4.86. The molecule has 0 amide bonds. The van der Waals surface area contributed by atoms with Crippen LogP contribution in [0.2, 0.25) is 0 Å². The van der Waals surface area contributed by atoms with Crippen LogP contribution in [0.3, 0.4) is 0 Å². The van der Waals surface area contributed by atoms with Crippen molar-refractivity contribution in [2.24, 2.45) is 10.7 Å². The minimum Gasteiger partial charge on any atom is -0.494 e. The Morgan fingerprint density at radius 1 is 1.24 bits per heavy atom. The Bertz CT molecular complexity index is 999. The summed E-state index contributed by atoms with van der Waals surface area (Å²) in [6.07, 6.45) is 6.51. The number of hydrogen-bond acceptors (Lipinski definition) is 9. The van der Waals surface area contributed by atoms with E-state index in [0.29, 0.717) is 12.4 Å². The Kier molecular flexibility index (Phi) is 8.93. The average molecular weight is 479 g/mol. The van der Waals surface area contributed by atoms with Gasteiger partial charge in [0.2, 0.25) is 5.95 Å². The molecule has 0 radical (unpaired) electrons. The minimum absolute atomic E-state index is 0.170. The van der Waals surface area contributed by atoms with Crippen molar-refractivity contribution in [3.8, 4) is 17.2 Å². The first-order valence-electron chi connectivity index (χ1n) is 10.5. The lowest BCUT2D eigenvalue weighted by Crippen LogP contribution is -2.22. The van der Waals surface area contributed by atoms with Gasteiger partial charge in [-0.15, -0.1) is 0 Å². The first kappa shape index (κ1) is 25.1. The molecule has 1 aromatic carbocycles. The molecule has 1 aromatic heterocycles. The van der Waals surface area contributed by atoms with Gasteiger partial charge in [0.15, 0.2) is 35.1 Å². The molecule has 1 aliphatic heterocycles. The maximum Gasteiger partial charge on any atom is 0.228 e. The van der Waals surface area contributed by atoms with Gasteiger partial charge >= 0.3 is 0 Å². The number of nitrogens with two attached hydrogens (primary N) is 1. The zero-order chi connectivity index (χ0) is 24.5.